The van der Waals surface area contributed by atoms with Crippen molar-refractivity contribution in [2.45, 2.75) is 25.4 Å². The van der Waals surface area contributed by atoms with Crippen molar-refractivity contribution >= 4 is 11.6 Å². The Balaban J connectivity index is 1.51. The first kappa shape index (κ1) is 20.4. The molecule has 1 aromatic heterocycles. The van der Waals surface area contributed by atoms with Crippen LogP contribution < -0.4 is 10.1 Å². The number of carbonyl (C=O) groups excluding carboxylic acids is 1. The molecule has 0 aliphatic rings. The Bertz CT molecular complexity index is 986. The molecule has 3 aromatic rings. The third kappa shape index (κ3) is 5.56. The summed E-state index contributed by atoms with van der Waals surface area (Å²) >= 11 is 0. The standard InChI is InChI=1S/C20H18F3N3O3/c1-28-16-8-2-5-13(11-16)19-25-18(29-26-19)10-4-9-17(27)24-15-7-3-6-14(12-15)20(21,22)23/h2-3,5-8,11-12H,4,9-10H2,1H3,(H,24,27). The smallest absolute Gasteiger partial charge is 0.416 e. The third-order valence-electron chi connectivity index (χ3n) is 4.06. The topological polar surface area (TPSA) is 77.2 Å². The summed E-state index contributed by atoms with van der Waals surface area (Å²) < 4.78 is 48.5. The number of anilines is 1. The molecular weight excluding hydrogens is 387 g/mol. The van der Waals surface area contributed by atoms with Crippen molar-refractivity contribution in [1.29, 1.82) is 0 Å². The van der Waals surface area contributed by atoms with E-state index in [1.807, 2.05) is 12.1 Å². The Labute approximate surface area is 164 Å². The van der Waals surface area contributed by atoms with Crippen LogP contribution in [0.25, 0.3) is 11.4 Å². The summed E-state index contributed by atoms with van der Waals surface area (Å²) in [6, 6.07) is 11.7. The molecule has 0 atom stereocenters. The van der Waals surface area contributed by atoms with E-state index >= 15 is 0 Å². The van der Waals surface area contributed by atoms with Gasteiger partial charge in [0.2, 0.25) is 17.6 Å². The molecule has 29 heavy (non-hydrogen) atoms. The van der Waals surface area contributed by atoms with E-state index < -0.39 is 17.6 Å². The van der Waals surface area contributed by atoms with E-state index in [-0.39, 0.29) is 12.1 Å². The van der Waals surface area contributed by atoms with Gasteiger partial charge in [-0.25, -0.2) is 0 Å². The summed E-state index contributed by atoms with van der Waals surface area (Å²) in [5.41, 5.74) is 0.0239. The minimum atomic E-state index is -4.46. The average molecular weight is 405 g/mol. The predicted octanol–water partition coefficient (Wildman–Crippen LogP) is 4.73. The second-order valence-corrected chi connectivity index (χ2v) is 6.22. The van der Waals surface area contributed by atoms with Gasteiger partial charge >= 0.3 is 6.18 Å². The van der Waals surface area contributed by atoms with Gasteiger partial charge in [0.15, 0.2) is 0 Å². The molecule has 1 heterocycles. The summed E-state index contributed by atoms with van der Waals surface area (Å²) in [5.74, 6) is 1.05. The monoisotopic (exact) mass is 405 g/mol. The Morgan fingerprint density at radius 1 is 1.17 bits per heavy atom. The van der Waals surface area contributed by atoms with Gasteiger partial charge in [-0.2, -0.15) is 18.2 Å². The third-order valence-corrected chi connectivity index (χ3v) is 4.06. The number of aromatic nitrogens is 2. The van der Waals surface area contributed by atoms with E-state index in [1.54, 1.807) is 19.2 Å². The van der Waals surface area contributed by atoms with Gasteiger partial charge in [-0.15, -0.1) is 0 Å². The lowest BCUT2D eigenvalue weighted by Crippen LogP contribution is -2.13. The first-order valence-corrected chi connectivity index (χ1v) is 8.79. The number of alkyl halides is 3. The predicted molar refractivity (Wildman–Crippen MR) is 99.3 cm³/mol. The Morgan fingerprint density at radius 2 is 1.97 bits per heavy atom. The van der Waals surface area contributed by atoms with Gasteiger partial charge in [0, 0.05) is 24.1 Å². The number of amides is 1. The lowest BCUT2D eigenvalue weighted by atomic mass is 10.2. The number of nitrogens with zero attached hydrogens (tertiary/aromatic N) is 2. The first-order chi connectivity index (χ1) is 13.8. The first-order valence-electron chi connectivity index (χ1n) is 8.79. The van der Waals surface area contributed by atoms with E-state index in [0.717, 1.165) is 17.7 Å². The van der Waals surface area contributed by atoms with Crippen molar-refractivity contribution in [2.24, 2.45) is 0 Å². The van der Waals surface area contributed by atoms with Crippen LogP contribution in [0.5, 0.6) is 5.75 Å². The lowest BCUT2D eigenvalue weighted by Gasteiger charge is -2.09. The largest absolute Gasteiger partial charge is 0.497 e. The van der Waals surface area contributed by atoms with E-state index in [0.29, 0.717) is 30.3 Å². The summed E-state index contributed by atoms with van der Waals surface area (Å²) in [6.07, 6.45) is -3.58. The van der Waals surface area contributed by atoms with Gasteiger partial charge in [-0.3, -0.25) is 4.79 Å². The van der Waals surface area contributed by atoms with Crippen molar-refractivity contribution in [1.82, 2.24) is 10.1 Å². The number of methoxy groups -OCH3 is 1. The molecule has 152 valence electrons. The highest BCUT2D eigenvalue weighted by Crippen LogP contribution is 2.30. The molecule has 0 spiro atoms. The van der Waals surface area contributed by atoms with Gasteiger partial charge in [0.1, 0.15) is 5.75 Å². The second kappa shape index (κ2) is 8.76. The second-order valence-electron chi connectivity index (χ2n) is 6.22. The fourth-order valence-corrected chi connectivity index (χ4v) is 2.63. The maximum atomic E-state index is 12.7. The minimum Gasteiger partial charge on any atom is -0.497 e. The van der Waals surface area contributed by atoms with Crippen LogP contribution >= 0.6 is 0 Å². The normalized spacial score (nSPS) is 11.3. The van der Waals surface area contributed by atoms with E-state index in [2.05, 4.69) is 15.5 Å². The molecule has 6 nitrogen and oxygen atoms in total. The van der Waals surface area contributed by atoms with Crippen molar-refractivity contribution in [2.75, 3.05) is 12.4 Å². The molecule has 0 fully saturated rings. The number of hydrogen-bond acceptors (Lipinski definition) is 5. The van der Waals surface area contributed by atoms with Gasteiger partial charge < -0.3 is 14.6 Å². The number of hydrogen-bond donors (Lipinski definition) is 1. The Kier molecular flexibility index (Phi) is 6.16. The number of benzene rings is 2. The summed E-state index contributed by atoms with van der Waals surface area (Å²) in [6.45, 7) is 0. The molecular formula is C20H18F3N3O3. The van der Waals surface area contributed by atoms with Crippen LogP contribution in [0, 0.1) is 0 Å². The molecule has 0 aliphatic heterocycles. The fraction of sp³-hybridized carbons (Fsp3) is 0.250. The summed E-state index contributed by atoms with van der Waals surface area (Å²) in [5, 5.41) is 6.38. The molecule has 0 radical (unpaired) electrons. The summed E-state index contributed by atoms with van der Waals surface area (Å²) in [4.78, 5) is 16.3. The van der Waals surface area contributed by atoms with Crippen LogP contribution in [0.1, 0.15) is 24.3 Å². The molecule has 1 amide bonds. The number of aryl methyl sites for hydroxylation is 1. The maximum absolute atomic E-state index is 12.7. The van der Waals surface area contributed by atoms with Crippen LogP contribution in [-0.4, -0.2) is 23.2 Å². The van der Waals surface area contributed by atoms with Gasteiger partial charge in [0.25, 0.3) is 0 Å². The highest BCUT2D eigenvalue weighted by Gasteiger charge is 2.30. The molecule has 2 aromatic carbocycles. The number of carbonyl (C=O) groups is 1. The number of halogens is 3. The zero-order valence-corrected chi connectivity index (χ0v) is 15.5. The molecule has 0 saturated heterocycles. The van der Waals surface area contributed by atoms with Crippen molar-refractivity contribution in [3.8, 4) is 17.1 Å². The van der Waals surface area contributed by atoms with E-state index in [4.69, 9.17) is 9.26 Å². The fourth-order valence-electron chi connectivity index (χ4n) is 2.63. The Morgan fingerprint density at radius 3 is 2.72 bits per heavy atom. The lowest BCUT2D eigenvalue weighted by molar-refractivity contribution is -0.137. The molecule has 9 heteroatoms. The van der Waals surface area contributed by atoms with Gasteiger partial charge in [0.05, 0.1) is 12.7 Å². The molecule has 3 rings (SSSR count). The van der Waals surface area contributed by atoms with Gasteiger partial charge in [-0.05, 0) is 36.8 Å². The molecule has 0 aliphatic carbocycles. The number of nitrogens with one attached hydrogen (secondary N) is 1. The van der Waals surface area contributed by atoms with Crippen LogP contribution in [-0.2, 0) is 17.4 Å². The van der Waals surface area contributed by atoms with Crippen LogP contribution in [0.2, 0.25) is 0 Å². The minimum absolute atomic E-state index is 0.0999. The zero-order valence-electron chi connectivity index (χ0n) is 15.5. The molecule has 1 N–H and O–H groups in total. The number of rotatable bonds is 7. The SMILES string of the molecule is COc1cccc(-c2noc(CCCC(=O)Nc3cccc(C(F)(F)F)c3)n2)c1. The van der Waals surface area contributed by atoms with Crippen LogP contribution in [0.3, 0.4) is 0 Å². The summed E-state index contributed by atoms with van der Waals surface area (Å²) in [7, 11) is 1.56. The van der Waals surface area contributed by atoms with E-state index in [9.17, 15) is 18.0 Å². The van der Waals surface area contributed by atoms with Crippen molar-refractivity contribution in [3.05, 3.63) is 60.0 Å². The zero-order chi connectivity index (χ0) is 20.9. The Hall–Kier alpha value is -3.36. The molecule has 0 saturated carbocycles. The van der Waals surface area contributed by atoms with Crippen molar-refractivity contribution in [3.63, 3.8) is 0 Å². The van der Waals surface area contributed by atoms with Crippen LogP contribution in [0.15, 0.2) is 53.1 Å². The van der Waals surface area contributed by atoms with Gasteiger partial charge in [-0.1, -0.05) is 23.4 Å². The quantitative estimate of drug-likeness (QED) is 0.615. The highest BCUT2D eigenvalue weighted by atomic mass is 19.4. The molecule has 0 unspecified atom stereocenters. The average Bonchev–Trinajstić information content (AvgIpc) is 3.16. The number of ether oxygens (including phenoxy) is 1. The van der Waals surface area contributed by atoms with Crippen molar-refractivity contribution < 1.29 is 27.2 Å². The van der Waals surface area contributed by atoms with Crippen LogP contribution in [0.4, 0.5) is 18.9 Å². The highest BCUT2D eigenvalue weighted by molar-refractivity contribution is 5.90. The maximum Gasteiger partial charge on any atom is 0.416 e. The van der Waals surface area contributed by atoms with E-state index in [1.165, 1.54) is 12.1 Å². The molecule has 0 bridgehead atoms.